The summed E-state index contributed by atoms with van der Waals surface area (Å²) < 4.78 is 19.4. The van der Waals surface area contributed by atoms with Crippen LogP contribution in [0.2, 0.25) is 5.02 Å². The quantitative estimate of drug-likeness (QED) is 0.864. The van der Waals surface area contributed by atoms with Gasteiger partial charge in [0.2, 0.25) is 0 Å². The zero-order valence-electron chi connectivity index (χ0n) is 10.7. The molecule has 0 bridgehead atoms. The number of rotatable bonds is 5. The van der Waals surface area contributed by atoms with E-state index in [0.29, 0.717) is 34.8 Å². The third kappa shape index (κ3) is 3.72. The van der Waals surface area contributed by atoms with Gasteiger partial charge in [0, 0.05) is 10.6 Å². The van der Waals surface area contributed by atoms with Gasteiger partial charge in [0.1, 0.15) is 18.2 Å². The van der Waals surface area contributed by atoms with E-state index >= 15 is 0 Å². The average molecular weight is 359 g/mol. The molecular formula is C15H14BrClFNO. The van der Waals surface area contributed by atoms with E-state index in [1.807, 2.05) is 18.2 Å². The van der Waals surface area contributed by atoms with Crippen molar-refractivity contribution in [3.8, 4) is 5.75 Å². The maximum atomic E-state index is 13.2. The Labute approximate surface area is 130 Å². The normalized spacial score (nSPS) is 10.6. The van der Waals surface area contributed by atoms with Crippen LogP contribution in [-0.4, -0.2) is 6.54 Å². The molecule has 0 atom stereocenters. The van der Waals surface area contributed by atoms with Crippen molar-refractivity contribution >= 4 is 27.5 Å². The number of nitrogens with two attached hydrogens (primary N) is 1. The second-order valence-corrected chi connectivity index (χ2v) is 5.55. The van der Waals surface area contributed by atoms with Crippen LogP contribution in [0.4, 0.5) is 4.39 Å². The molecule has 2 aromatic carbocycles. The molecule has 0 amide bonds. The number of hydrogen-bond donors (Lipinski definition) is 1. The molecule has 2 N–H and O–H groups in total. The van der Waals surface area contributed by atoms with Crippen molar-refractivity contribution in [3.63, 3.8) is 0 Å². The third-order valence-corrected chi connectivity index (χ3v) is 3.81. The van der Waals surface area contributed by atoms with Gasteiger partial charge in [0.15, 0.2) is 0 Å². The Morgan fingerprint density at radius 1 is 1.25 bits per heavy atom. The summed E-state index contributed by atoms with van der Waals surface area (Å²) in [5.41, 5.74) is 7.35. The Morgan fingerprint density at radius 2 is 2.05 bits per heavy atom. The number of halogens is 3. The molecule has 0 fully saturated rings. The van der Waals surface area contributed by atoms with E-state index in [9.17, 15) is 4.39 Å². The smallest absolute Gasteiger partial charge is 0.137 e. The third-order valence-electron chi connectivity index (χ3n) is 2.85. The van der Waals surface area contributed by atoms with Crippen molar-refractivity contribution in [1.29, 1.82) is 0 Å². The van der Waals surface area contributed by atoms with E-state index in [1.54, 1.807) is 12.1 Å². The molecule has 0 aliphatic heterocycles. The lowest BCUT2D eigenvalue weighted by molar-refractivity contribution is 0.303. The van der Waals surface area contributed by atoms with Gasteiger partial charge in [-0.1, -0.05) is 23.7 Å². The molecule has 0 aliphatic rings. The predicted molar refractivity (Wildman–Crippen MR) is 82.6 cm³/mol. The minimum Gasteiger partial charge on any atom is -0.489 e. The van der Waals surface area contributed by atoms with Crippen LogP contribution in [0.25, 0.3) is 0 Å². The van der Waals surface area contributed by atoms with Gasteiger partial charge in [0.25, 0.3) is 0 Å². The Hall–Kier alpha value is -1.10. The molecule has 2 aromatic rings. The predicted octanol–water partition coefficient (Wildman–Crippen LogP) is 4.32. The zero-order chi connectivity index (χ0) is 14.5. The lowest BCUT2D eigenvalue weighted by Crippen LogP contribution is -2.06. The number of hydrogen-bond acceptors (Lipinski definition) is 2. The summed E-state index contributed by atoms with van der Waals surface area (Å²) in [5.74, 6) is 0.420. The molecule has 106 valence electrons. The van der Waals surface area contributed by atoms with Gasteiger partial charge >= 0.3 is 0 Å². The van der Waals surface area contributed by atoms with Gasteiger partial charge < -0.3 is 10.5 Å². The lowest BCUT2D eigenvalue weighted by atomic mass is 10.1. The molecule has 2 rings (SSSR count). The molecular weight excluding hydrogens is 345 g/mol. The summed E-state index contributed by atoms with van der Waals surface area (Å²) in [7, 11) is 0. The molecule has 20 heavy (non-hydrogen) atoms. The standard InChI is InChI=1S/C15H14BrClFNO/c16-12-8-10(4-5-14(12)18)9-20-15-3-1-2-13(17)11(15)6-7-19/h1-5,8H,6-7,9,19H2. The number of benzene rings is 2. The molecule has 0 aromatic heterocycles. The summed E-state index contributed by atoms with van der Waals surface area (Å²) in [6, 6.07) is 10.3. The molecule has 0 unspecified atom stereocenters. The van der Waals surface area contributed by atoms with Crippen molar-refractivity contribution in [1.82, 2.24) is 0 Å². The summed E-state index contributed by atoms with van der Waals surface area (Å²) in [5, 5.41) is 0.647. The summed E-state index contributed by atoms with van der Waals surface area (Å²) in [6.07, 6.45) is 0.655. The Balaban J connectivity index is 2.14. The second kappa shape index (κ2) is 7.07. The van der Waals surface area contributed by atoms with Gasteiger partial charge in [-0.2, -0.15) is 0 Å². The summed E-state index contributed by atoms with van der Waals surface area (Å²) in [6.45, 7) is 0.846. The average Bonchev–Trinajstić information content (AvgIpc) is 2.43. The molecule has 0 spiro atoms. The topological polar surface area (TPSA) is 35.2 Å². The van der Waals surface area contributed by atoms with Crippen molar-refractivity contribution in [2.75, 3.05) is 6.54 Å². The van der Waals surface area contributed by atoms with Gasteiger partial charge in [-0.25, -0.2) is 4.39 Å². The summed E-state index contributed by atoms with van der Waals surface area (Å²) >= 11 is 9.30. The van der Waals surface area contributed by atoms with E-state index in [-0.39, 0.29) is 5.82 Å². The van der Waals surface area contributed by atoms with E-state index in [2.05, 4.69) is 15.9 Å². The minimum absolute atomic E-state index is 0.291. The van der Waals surface area contributed by atoms with Gasteiger partial charge in [0.05, 0.1) is 4.47 Å². The SMILES string of the molecule is NCCc1c(Cl)cccc1OCc1ccc(F)c(Br)c1. The summed E-state index contributed by atoms with van der Waals surface area (Å²) in [4.78, 5) is 0. The van der Waals surface area contributed by atoms with E-state index in [4.69, 9.17) is 22.1 Å². The minimum atomic E-state index is -0.291. The van der Waals surface area contributed by atoms with Crippen molar-refractivity contribution in [2.45, 2.75) is 13.0 Å². The van der Waals surface area contributed by atoms with E-state index < -0.39 is 0 Å². The van der Waals surface area contributed by atoms with Gasteiger partial charge in [-0.3, -0.25) is 0 Å². The number of ether oxygens (including phenoxy) is 1. The lowest BCUT2D eigenvalue weighted by Gasteiger charge is -2.12. The highest BCUT2D eigenvalue weighted by Gasteiger charge is 2.08. The van der Waals surface area contributed by atoms with Crippen molar-refractivity contribution in [3.05, 3.63) is 62.8 Å². The fourth-order valence-corrected chi connectivity index (χ4v) is 2.54. The second-order valence-electron chi connectivity index (χ2n) is 4.29. The molecule has 0 radical (unpaired) electrons. The first kappa shape index (κ1) is 15.3. The Kier molecular flexibility index (Phi) is 5.40. The highest BCUT2D eigenvalue weighted by molar-refractivity contribution is 9.10. The van der Waals surface area contributed by atoms with Gasteiger partial charge in [-0.15, -0.1) is 0 Å². The van der Waals surface area contributed by atoms with E-state index in [1.165, 1.54) is 6.07 Å². The van der Waals surface area contributed by atoms with Crippen LogP contribution in [0, 0.1) is 5.82 Å². The van der Waals surface area contributed by atoms with Gasteiger partial charge in [-0.05, 0) is 58.7 Å². The van der Waals surface area contributed by atoms with Crippen LogP contribution >= 0.6 is 27.5 Å². The van der Waals surface area contributed by atoms with Crippen LogP contribution in [0.15, 0.2) is 40.9 Å². The molecule has 0 heterocycles. The largest absolute Gasteiger partial charge is 0.489 e. The fourth-order valence-electron chi connectivity index (χ4n) is 1.85. The maximum Gasteiger partial charge on any atom is 0.137 e. The molecule has 0 saturated carbocycles. The molecule has 0 saturated heterocycles. The Morgan fingerprint density at radius 3 is 2.75 bits per heavy atom. The maximum absolute atomic E-state index is 13.2. The molecule has 2 nitrogen and oxygen atoms in total. The van der Waals surface area contributed by atoms with Crippen molar-refractivity contribution in [2.24, 2.45) is 5.73 Å². The molecule has 0 aliphatic carbocycles. The zero-order valence-corrected chi connectivity index (χ0v) is 13.0. The van der Waals surface area contributed by atoms with Crippen LogP contribution in [0.5, 0.6) is 5.75 Å². The fraction of sp³-hybridized carbons (Fsp3) is 0.200. The highest BCUT2D eigenvalue weighted by Crippen LogP contribution is 2.27. The first-order valence-corrected chi connectivity index (χ1v) is 7.33. The first-order chi connectivity index (χ1) is 9.61. The molecule has 5 heteroatoms. The van der Waals surface area contributed by atoms with Crippen LogP contribution in [0.3, 0.4) is 0 Å². The van der Waals surface area contributed by atoms with Crippen molar-refractivity contribution < 1.29 is 9.13 Å². The Bertz CT molecular complexity index is 606. The highest BCUT2D eigenvalue weighted by atomic mass is 79.9. The van der Waals surface area contributed by atoms with Crippen LogP contribution < -0.4 is 10.5 Å². The van der Waals surface area contributed by atoms with Crippen LogP contribution in [-0.2, 0) is 13.0 Å². The first-order valence-electron chi connectivity index (χ1n) is 6.16. The monoisotopic (exact) mass is 357 g/mol. The van der Waals surface area contributed by atoms with Crippen LogP contribution in [0.1, 0.15) is 11.1 Å². The van der Waals surface area contributed by atoms with E-state index in [0.717, 1.165) is 11.1 Å².